The Morgan fingerprint density at radius 3 is 2.57 bits per heavy atom. The molecule has 2 atom stereocenters. The molecule has 0 aliphatic carbocycles. The van der Waals surface area contributed by atoms with Gasteiger partial charge in [-0.3, -0.25) is 0 Å². The molecule has 2 heterocycles. The molecule has 1 aliphatic heterocycles. The molecule has 4 nitrogen and oxygen atoms in total. The van der Waals surface area contributed by atoms with Gasteiger partial charge in [0, 0.05) is 17.5 Å². The normalized spacial score (nSPS) is 26.6. The van der Waals surface area contributed by atoms with Crippen molar-refractivity contribution in [1.82, 2.24) is 5.06 Å². The number of hydroxylamine groups is 3. The average molecular weight is 323 g/mol. The van der Waals surface area contributed by atoms with Gasteiger partial charge in [0.15, 0.2) is 0 Å². The monoisotopic (exact) mass is 322 g/mol. The first-order valence-corrected chi connectivity index (χ1v) is 7.84. The molecule has 0 bridgehead atoms. The number of halogens is 1. The van der Waals surface area contributed by atoms with Gasteiger partial charge >= 0.3 is 0 Å². The molecule has 0 saturated carbocycles. The van der Waals surface area contributed by atoms with Crippen molar-refractivity contribution in [2.45, 2.75) is 25.6 Å². The highest BCUT2D eigenvalue weighted by molar-refractivity contribution is 7.12. The molecule has 1 N–H and O–H groups in total. The Labute approximate surface area is 132 Å². The van der Waals surface area contributed by atoms with Gasteiger partial charge in [0.05, 0.1) is 4.88 Å². The third-order valence-corrected chi connectivity index (χ3v) is 5.13. The van der Waals surface area contributed by atoms with Crippen molar-refractivity contribution in [2.24, 2.45) is 0 Å². The standard InChI is InChI=1S/C15H15ClN2O2S/c1-10-14(13-4-3-9-21-13)18(20)15(2,17(10)19)11-5-7-12(16)8-6-11/h3-10,19H,1-2H3/t10-,15+/m0/s1. The van der Waals surface area contributed by atoms with Crippen molar-refractivity contribution in [2.75, 3.05) is 0 Å². The van der Waals surface area contributed by atoms with Crippen molar-refractivity contribution in [3.05, 3.63) is 62.4 Å². The van der Waals surface area contributed by atoms with Crippen LogP contribution in [0.4, 0.5) is 0 Å². The molecule has 1 aromatic carbocycles. The van der Waals surface area contributed by atoms with Crippen molar-refractivity contribution in [3.8, 4) is 0 Å². The quantitative estimate of drug-likeness (QED) is 0.678. The van der Waals surface area contributed by atoms with Crippen LogP contribution in [0.5, 0.6) is 0 Å². The van der Waals surface area contributed by atoms with Crippen LogP contribution >= 0.6 is 22.9 Å². The zero-order valence-corrected chi connectivity index (χ0v) is 13.2. The second kappa shape index (κ2) is 5.10. The summed E-state index contributed by atoms with van der Waals surface area (Å²) in [5.41, 5.74) is 0.108. The van der Waals surface area contributed by atoms with E-state index in [0.717, 1.165) is 14.7 Å². The van der Waals surface area contributed by atoms with Crippen LogP contribution < -0.4 is 0 Å². The lowest BCUT2D eigenvalue weighted by Gasteiger charge is -2.29. The summed E-state index contributed by atoms with van der Waals surface area (Å²) in [6, 6.07) is 10.4. The molecule has 2 aromatic rings. The van der Waals surface area contributed by atoms with Gasteiger partial charge in [0.25, 0.3) is 5.66 Å². The second-order valence-electron chi connectivity index (χ2n) is 5.21. The lowest BCUT2D eigenvalue weighted by Crippen LogP contribution is -2.45. The summed E-state index contributed by atoms with van der Waals surface area (Å²) in [6.07, 6.45) is 0. The van der Waals surface area contributed by atoms with Crippen LogP contribution in [0, 0.1) is 5.21 Å². The van der Waals surface area contributed by atoms with E-state index in [-0.39, 0.29) is 6.04 Å². The maximum absolute atomic E-state index is 12.9. The first-order chi connectivity index (χ1) is 9.96. The smallest absolute Gasteiger partial charge is 0.274 e. The van der Waals surface area contributed by atoms with E-state index in [2.05, 4.69) is 0 Å². The summed E-state index contributed by atoms with van der Waals surface area (Å²) < 4.78 is 0.896. The fourth-order valence-corrected chi connectivity index (χ4v) is 3.70. The summed E-state index contributed by atoms with van der Waals surface area (Å²) in [6.45, 7) is 3.53. The van der Waals surface area contributed by atoms with Crippen molar-refractivity contribution in [3.63, 3.8) is 0 Å². The van der Waals surface area contributed by atoms with E-state index in [1.807, 2.05) is 24.4 Å². The minimum atomic E-state index is -1.16. The number of benzene rings is 1. The van der Waals surface area contributed by atoms with Crippen LogP contribution in [0.15, 0.2) is 41.8 Å². The van der Waals surface area contributed by atoms with Gasteiger partial charge in [-0.2, -0.15) is 4.74 Å². The predicted octanol–water partition coefficient (Wildman–Crippen LogP) is 3.67. The minimum absolute atomic E-state index is 0.387. The van der Waals surface area contributed by atoms with E-state index in [1.54, 1.807) is 31.2 Å². The lowest BCUT2D eigenvalue weighted by atomic mass is 10.0. The van der Waals surface area contributed by atoms with Crippen molar-refractivity contribution >= 4 is 28.6 Å². The summed E-state index contributed by atoms with van der Waals surface area (Å²) in [4.78, 5) is 0.870. The zero-order chi connectivity index (χ0) is 15.2. The zero-order valence-electron chi connectivity index (χ0n) is 11.7. The van der Waals surface area contributed by atoms with Crippen LogP contribution in [0.2, 0.25) is 5.02 Å². The molecule has 6 heteroatoms. The molecule has 3 rings (SSSR count). The maximum atomic E-state index is 12.9. The molecule has 0 spiro atoms. The molecule has 0 radical (unpaired) electrons. The third-order valence-electron chi connectivity index (χ3n) is 3.99. The van der Waals surface area contributed by atoms with Gasteiger partial charge in [-0.1, -0.05) is 17.7 Å². The molecule has 110 valence electrons. The molecular weight excluding hydrogens is 308 g/mol. The molecule has 0 saturated heterocycles. The molecule has 0 unspecified atom stereocenters. The summed E-state index contributed by atoms with van der Waals surface area (Å²) in [7, 11) is 0. The highest BCUT2D eigenvalue weighted by atomic mass is 35.5. The Balaban J connectivity index is 2.16. The Kier molecular flexibility index (Phi) is 3.53. The average Bonchev–Trinajstić information content (AvgIpc) is 3.04. The van der Waals surface area contributed by atoms with Crippen LogP contribution in [-0.2, 0) is 5.66 Å². The summed E-state index contributed by atoms with van der Waals surface area (Å²) >= 11 is 7.39. The van der Waals surface area contributed by atoms with E-state index in [0.29, 0.717) is 16.3 Å². The topological polar surface area (TPSA) is 49.5 Å². The number of hydrogen-bond acceptors (Lipinski definition) is 4. The molecular formula is C15H15ClN2O2S. The number of rotatable bonds is 2. The third kappa shape index (κ3) is 2.08. The second-order valence-corrected chi connectivity index (χ2v) is 6.59. The van der Waals surface area contributed by atoms with Crippen LogP contribution in [-0.4, -0.2) is 26.8 Å². The Bertz CT molecular complexity index is 684. The predicted molar refractivity (Wildman–Crippen MR) is 83.9 cm³/mol. The Morgan fingerprint density at radius 1 is 1.33 bits per heavy atom. The van der Waals surface area contributed by atoms with Crippen LogP contribution in [0.3, 0.4) is 0 Å². The van der Waals surface area contributed by atoms with Gasteiger partial charge in [0.1, 0.15) is 6.04 Å². The van der Waals surface area contributed by atoms with E-state index >= 15 is 0 Å². The Morgan fingerprint density at radius 2 is 2.00 bits per heavy atom. The number of thiophene rings is 1. The van der Waals surface area contributed by atoms with E-state index < -0.39 is 5.66 Å². The molecule has 1 aromatic heterocycles. The molecule has 21 heavy (non-hydrogen) atoms. The largest absolute Gasteiger partial charge is 0.622 e. The highest BCUT2D eigenvalue weighted by Crippen LogP contribution is 2.37. The number of hydrogen-bond donors (Lipinski definition) is 1. The van der Waals surface area contributed by atoms with Gasteiger partial charge in [-0.05, 0) is 42.6 Å². The minimum Gasteiger partial charge on any atom is -0.622 e. The first-order valence-electron chi connectivity index (χ1n) is 6.58. The Hall–Kier alpha value is -1.40. The van der Waals surface area contributed by atoms with E-state index in [9.17, 15) is 10.4 Å². The van der Waals surface area contributed by atoms with Gasteiger partial charge < -0.3 is 10.4 Å². The van der Waals surface area contributed by atoms with Gasteiger partial charge in [-0.25, -0.2) is 0 Å². The summed E-state index contributed by atoms with van der Waals surface area (Å²) in [5, 5.41) is 27.0. The first kappa shape index (κ1) is 14.5. The van der Waals surface area contributed by atoms with Crippen molar-refractivity contribution < 1.29 is 9.95 Å². The highest BCUT2D eigenvalue weighted by Gasteiger charge is 2.54. The van der Waals surface area contributed by atoms with Crippen LogP contribution in [0.1, 0.15) is 24.3 Å². The SMILES string of the molecule is C[C@H]1C(c2cccs2)=[N+]([O-])[C@](C)(c2ccc(Cl)cc2)N1O. The summed E-state index contributed by atoms with van der Waals surface area (Å²) in [5.74, 6) is 0. The molecule has 1 aliphatic rings. The van der Waals surface area contributed by atoms with Crippen molar-refractivity contribution in [1.29, 1.82) is 0 Å². The molecule has 0 amide bonds. The molecule has 0 fully saturated rings. The fraction of sp³-hybridized carbons (Fsp3) is 0.267. The van der Waals surface area contributed by atoms with Crippen LogP contribution in [0.25, 0.3) is 0 Å². The van der Waals surface area contributed by atoms with E-state index in [1.165, 1.54) is 11.3 Å². The fourth-order valence-electron chi connectivity index (χ4n) is 2.74. The lowest BCUT2D eigenvalue weighted by molar-refractivity contribution is -0.595. The van der Waals surface area contributed by atoms with Gasteiger partial charge in [-0.15, -0.1) is 16.4 Å². The van der Waals surface area contributed by atoms with Gasteiger partial charge in [0.2, 0.25) is 5.71 Å². The maximum Gasteiger partial charge on any atom is 0.274 e. The van der Waals surface area contributed by atoms with E-state index in [4.69, 9.17) is 11.6 Å². The number of nitrogens with zero attached hydrogens (tertiary/aromatic N) is 2.